The summed E-state index contributed by atoms with van der Waals surface area (Å²) in [5, 5.41) is 12.3. The van der Waals surface area contributed by atoms with Crippen LogP contribution in [0.25, 0.3) is 17.2 Å². The first-order chi connectivity index (χ1) is 14.6. The fraction of sp³-hybridized carbons (Fsp3) is 0.174. The number of carboxylic acid groups (broad SMARTS) is 1. The summed E-state index contributed by atoms with van der Waals surface area (Å²) in [7, 11) is 0. The van der Waals surface area contributed by atoms with Crippen molar-refractivity contribution in [2.45, 2.75) is 12.3 Å². The average molecular weight is 420 g/mol. The molecule has 7 heteroatoms. The standard InChI is InChI=1S/C23H20N2O4S/c26-22(27)20-13-25-21(30-20)11-5-6-12-24-23(28)29-14-19-17-9-3-1-7-15(17)16-8-2-4-10-18(16)19/h1-5,7-11,13,19H,6,12,14H2,(H,24,28)(H,26,27). The number of carboxylic acids is 1. The quantitative estimate of drug-likeness (QED) is 0.537. The van der Waals surface area contributed by atoms with Gasteiger partial charge in [-0.25, -0.2) is 14.6 Å². The van der Waals surface area contributed by atoms with Gasteiger partial charge in [-0.2, -0.15) is 0 Å². The maximum Gasteiger partial charge on any atom is 0.407 e. The monoisotopic (exact) mass is 420 g/mol. The SMILES string of the molecule is O=C(NCCC=Cc1ncc(C(=O)O)s1)OCC1c2ccccc2-c2ccccc21. The van der Waals surface area contributed by atoms with E-state index in [1.807, 2.05) is 30.3 Å². The van der Waals surface area contributed by atoms with Crippen molar-refractivity contribution in [1.82, 2.24) is 10.3 Å². The number of carbonyl (C=O) groups is 2. The summed E-state index contributed by atoms with van der Waals surface area (Å²) >= 11 is 1.11. The summed E-state index contributed by atoms with van der Waals surface area (Å²) in [5.41, 5.74) is 4.75. The molecule has 30 heavy (non-hydrogen) atoms. The van der Waals surface area contributed by atoms with Gasteiger partial charge in [0.2, 0.25) is 0 Å². The van der Waals surface area contributed by atoms with E-state index < -0.39 is 12.1 Å². The lowest BCUT2D eigenvalue weighted by molar-refractivity contribution is 0.0702. The highest BCUT2D eigenvalue weighted by molar-refractivity contribution is 7.14. The van der Waals surface area contributed by atoms with E-state index in [4.69, 9.17) is 9.84 Å². The van der Waals surface area contributed by atoms with Gasteiger partial charge in [0.15, 0.2) is 0 Å². The van der Waals surface area contributed by atoms with Gasteiger partial charge in [0, 0.05) is 12.5 Å². The number of hydrogen-bond donors (Lipinski definition) is 2. The zero-order valence-corrected chi connectivity index (χ0v) is 16.9. The highest BCUT2D eigenvalue weighted by atomic mass is 32.1. The Morgan fingerprint density at radius 3 is 2.40 bits per heavy atom. The maximum absolute atomic E-state index is 12.1. The highest BCUT2D eigenvalue weighted by Gasteiger charge is 2.28. The van der Waals surface area contributed by atoms with Gasteiger partial charge in [0.1, 0.15) is 16.5 Å². The number of alkyl carbamates (subject to hydrolysis) is 1. The van der Waals surface area contributed by atoms with Crippen LogP contribution in [-0.2, 0) is 4.74 Å². The Hall–Kier alpha value is -3.45. The third-order valence-electron chi connectivity index (χ3n) is 4.92. The summed E-state index contributed by atoms with van der Waals surface area (Å²) in [6, 6.07) is 16.4. The van der Waals surface area contributed by atoms with E-state index in [2.05, 4.69) is 34.6 Å². The van der Waals surface area contributed by atoms with E-state index >= 15 is 0 Å². The lowest BCUT2D eigenvalue weighted by atomic mass is 9.98. The first-order valence-electron chi connectivity index (χ1n) is 9.58. The highest BCUT2D eigenvalue weighted by Crippen LogP contribution is 2.44. The van der Waals surface area contributed by atoms with E-state index in [0.717, 1.165) is 11.3 Å². The number of aromatic carboxylic acids is 1. The molecule has 0 radical (unpaired) electrons. The number of carbonyl (C=O) groups excluding carboxylic acids is 1. The fourth-order valence-electron chi connectivity index (χ4n) is 3.55. The van der Waals surface area contributed by atoms with Crippen molar-refractivity contribution in [3.8, 4) is 11.1 Å². The molecule has 1 aliphatic carbocycles. The van der Waals surface area contributed by atoms with Gasteiger partial charge in [-0.15, -0.1) is 11.3 Å². The number of aromatic nitrogens is 1. The Bertz CT molecular complexity index is 1060. The second-order valence-corrected chi connectivity index (χ2v) is 7.87. The van der Waals surface area contributed by atoms with Gasteiger partial charge in [-0.3, -0.25) is 0 Å². The smallest absolute Gasteiger partial charge is 0.407 e. The summed E-state index contributed by atoms with van der Waals surface area (Å²) in [4.78, 5) is 27.2. The van der Waals surface area contributed by atoms with Crippen LogP contribution in [0.15, 0.2) is 60.8 Å². The number of amides is 1. The molecule has 0 fully saturated rings. The zero-order valence-electron chi connectivity index (χ0n) is 16.1. The predicted molar refractivity (Wildman–Crippen MR) is 116 cm³/mol. The molecule has 0 bridgehead atoms. The molecule has 1 heterocycles. The summed E-state index contributed by atoms with van der Waals surface area (Å²) in [6.45, 7) is 0.705. The van der Waals surface area contributed by atoms with Crippen LogP contribution in [0.5, 0.6) is 0 Å². The molecule has 0 atom stereocenters. The summed E-state index contributed by atoms with van der Waals surface area (Å²) < 4.78 is 5.48. The Balaban J connectivity index is 1.26. The third-order valence-corrected chi connectivity index (χ3v) is 5.87. The van der Waals surface area contributed by atoms with Gasteiger partial charge in [-0.05, 0) is 34.8 Å². The molecular weight excluding hydrogens is 400 g/mol. The summed E-state index contributed by atoms with van der Waals surface area (Å²) in [5.74, 6) is -0.944. The van der Waals surface area contributed by atoms with Crippen LogP contribution in [0.3, 0.4) is 0 Å². The summed E-state index contributed by atoms with van der Waals surface area (Å²) in [6.07, 6.45) is 5.06. The molecule has 0 unspecified atom stereocenters. The van der Waals surface area contributed by atoms with Crippen molar-refractivity contribution in [3.63, 3.8) is 0 Å². The normalized spacial score (nSPS) is 12.5. The van der Waals surface area contributed by atoms with E-state index in [1.165, 1.54) is 28.5 Å². The first kappa shape index (κ1) is 19.8. The number of hydrogen-bond acceptors (Lipinski definition) is 5. The van der Waals surface area contributed by atoms with Crippen molar-refractivity contribution >= 4 is 29.5 Å². The number of nitrogens with zero attached hydrogens (tertiary/aromatic N) is 1. The second-order valence-electron chi connectivity index (χ2n) is 6.81. The molecule has 0 aliphatic heterocycles. The van der Waals surface area contributed by atoms with Crippen molar-refractivity contribution in [2.24, 2.45) is 0 Å². The lowest BCUT2D eigenvalue weighted by Gasteiger charge is -2.14. The minimum atomic E-state index is -0.982. The number of ether oxygens (including phenoxy) is 1. The second kappa shape index (κ2) is 8.92. The number of rotatable bonds is 7. The molecule has 1 aliphatic rings. The fourth-order valence-corrected chi connectivity index (χ4v) is 4.24. The Morgan fingerprint density at radius 1 is 1.10 bits per heavy atom. The third kappa shape index (κ3) is 4.26. The van der Waals surface area contributed by atoms with Crippen LogP contribution in [0.4, 0.5) is 4.79 Å². The molecule has 152 valence electrons. The number of thiazole rings is 1. The molecule has 6 nitrogen and oxygen atoms in total. The number of nitrogens with one attached hydrogen (secondary N) is 1. The van der Waals surface area contributed by atoms with Gasteiger partial charge in [-0.1, -0.05) is 54.6 Å². The van der Waals surface area contributed by atoms with Crippen molar-refractivity contribution < 1.29 is 19.4 Å². The van der Waals surface area contributed by atoms with Gasteiger partial charge < -0.3 is 15.2 Å². The maximum atomic E-state index is 12.1. The number of benzene rings is 2. The van der Waals surface area contributed by atoms with E-state index in [9.17, 15) is 9.59 Å². The van der Waals surface area contributed by atoms with Crippen molar-refractivity contribution in [1.29, 1.82) is 0 Å². The molecule has 0 saturated heterocycles. The van der Waals surface area contributed by atoms with Crippen LogP contribution < -0.4 is 5.32 Å². The Kier molecular flexibility index (Phi) is 5.90. The van der Waals surface area contributed by atoms with Gasteiger partial charge in [0.25, 0.3) is 0 Å². The van der Waals surface area contributed by atoms with E-state index in [1.54, 1.807) is 6.08 Å². The minimum absolute atomic E-state index is 0.0383. The molecule has 2 aromatic carbocycles. The Labute approximate surface area is 177 Å². The molecule has 4 rings (SSSR count). The molecular formula is C23H20N2O4S. The van der Waals surface area contributed by atoms with Crippen LogP contribution in [0.2, 0.25) is 0 Å². The Morgan fingerprint density at radius 2 is 1.77 bits per heavy atom. The van der Waals surface area contributed by atoms with Crippen molar-refractivity contribution in [3.05, 3.63) is 81.8 Å². The molecule has 2 N–H and O–H groups in total. The minimum Gasteiger partial charge on any atom is -0.477 e. The van der Waals surface area contributed by atoms with Crippen LogP contribution in [-0.4, -0.2) is 35.3 Å². The number of fused-ring (bicyclic) bond motifs is 3. The van der Waals surface area contributed by atoms with Crippen molar-refractivity contribution in [2.75, 3.05) is 13.2 Å². The van der Waals surface area contributed by atoms with Gasteiger partial charge >= 0.3 is 12.1 Å². The molecule has 1 amide bonds. The molecule has 1 aromatic heterocycles. The predicted octanol–water partition coefficient (Wildman–Crippen LogP) is 4.78. The average Bonchev–Trinajstić information content (AvgIpc) is 3.35. The van der Waals surface area contributed by atoms with E-state index in [0.29, 0.717) is 18.0 Å². The van der Waals surface area contributed by atoms with Gasteiger partial charge in [0.05, 0.1) is 6.20 Å². The van der Waals surface area contributed by atoms with Crippen LogP contribution in [0, 0.1) is 0 Å². The molecule has 0 saturated carbocycles. The van der Waals surface area contributed by atoms with Crippen LogP contribution in [0.1, 0.15) is 38.1 Å². The largest absolute Gasteiger partial charge is 0.477 e. The molecule has 0 spiro atoms. The van der Waals surface area contributed by atoms with E-state index in [-0.39, 0.29) is 17.4 Å². The zero-order chi connectivity index (χ0) is 20.9. The van der Waals surface area contributed by atoms with Crippen LogP contribution >= 0.6 is 11.3 Å². The lowest BCUT2D eigenvalue weighted by Crippen LogP contribution is -2.26. The molecule has 3 aromatic rings. The first-order valence-corrected chi connectivity index (χ1v) is 10.4. The topological polar surface area (TPSA) is 88.5 Å².